The van der Waals surface area contributed by atoms with Gasteiger partial charge in [0.1, 0.15) is 17.4 Å². The minimum atomic E-state index is -0.526. The van der Waals surface area contributed by atoms with Crippen molar-refractivity contribution in [3.8, 4) is 5.75 Å². The van der Waals surface area contributed by atoms with Gasteiger partial charge in [-0.1, -0.05) is 17.7 Å². The van der Waals surface area contributed by atoms with E-state index in [-0.39, 0.29) is 11.4 Å². The van der Waals surface area contributed by atoms with Gasteiger partial charge >= 0.3 is 0 Å². The molecule has 5 heteroatoms. The highest BCUT2D eigenvalue weighted by Crippen LogP contribution is 2.29. The molecule has 0 aliphatic carbocycles. The molecule has 0 aromatic heterocycles. The van der Waals surface area contributed by atoms with Crippen molar-refractivity contribution in [1.29, 1.82) is 0 Å². The van der Waals surface area contributed by atoms with Crippen molar-refractivity contribution in [3.63, 3.8) is 0 Å². The molecule has 2 nitrogen and oxygen atoms in total. The molecule has 100 valence electrons. The fourth-order valence-corrected chi connectivity index (χ4v) is 1.97. The summed E-state index contributed by atoms with van der Waals surface area (Å²) in [5.74, 6) is -1.15. The number of phenolic OH excluding ortho intramolecular Hbond substituents is 1. The molecule has 1 atom stereocenters. The molecule has 0 amide bonds. The summed E-state index contributed by atoms with van der Waals surface area (Å²) in [6.07, 6.45) is 0. The van der Waals surface area contributed by atoms with Crippen molar-refractivity contribution in [2.45, 2.75) is 13.0 Å². The van der Waals surface area contributed by atoms with Gasteiger partial charge < -0.3 is 10.4 Å². The number of hydrogen-bond donors (Lipinski definition) is 2. The first-order chi connectivity index (χ1) is 8.97. The molecule has 0 heterocycles. The number of aromatic hydroxyl groups is 1. The SMILES string of the molecule is CC(Nc1cc(Cl)ccc1F)c1ccc(F)cc1O. The van der Waals surface area contributed by atoms with E-state index in [4.69, 9.17) is 11.6 Å². The zero-order valence-corrected chi connectivity index (χ0v) is 10.9. The summed E-state index contributed by atoms with van der Waals surface area (Å²) in [7, 11) is 0. The van der Waals surface area contributed by atoms with E-state index in [1.54, 1.807) is 6.92 Å². The van der Waals surface area contributed by atoms with E-state index in [9.17, 15) is 13.9 Å². The Morgan fingerprint density at radius 1 is 1.16 bits per heavy atom. The number of nitrogens with one attached hydrogen (secondary N) is 1. The lowest BCUT2D eigenvalue weighted by atomic mass is 10.1. The fraction of sp³-hybridized carbons (Fsp3) is 0.143. The zero-order chi connectivity index (χ0) is 14.0. The molecule has 2 N–H and O–H groups in total. The lowest BCUT2D eigenvalue weighted by Gasteiger charge is -2.17. The van der Waals surface area contributed by atoms with E-state index >= 15 is 0 Å². The van der Waals surface area contributed by atoms with Crippen LogP contribution in [0.2, 0.25) is 5.02 Å². The molecule has 2 aromatic rings. The van der Waals surface area contributed by atoms with Crippen LogP contribution in [-0.4, -0.2) is 5.11 Å². The first-order valence-corrected chi connectivity index (χ1v) is 6.05. The summed E-state index contributed by atoms with van der Waals surface area (Å²) < 4.78 is 26.5. The van der Waals surface area contributed by atoms with Gasteiger partial charge in [-0.3, -0.25) is 0 Å². The Kier molecular flexibility index (Phi) is 3.90. The molecule has 0 fully saturated rings. The zero-order valence-electron chi connectivity index (χ0n) is 10.1. The van der Waals surface area contributed by atoms with Gasteiger partial charge in [-0.25, -0.2) is 8.78 Å². The van der Waals surface area contributed by atoms with Gasteiger partial charge in [0.25, 0.3) is 0 Å². The first-order valence-electron chi connectivity index (χ1n) is 5.67. The Labute approximate surface area is 114 Å². The smallest absolute Gasteiger partial charge is 0.146 e. The van der Waals surface area contributed by atoms with Crippen LogP contribution in [0.1, 0.15) is 18.5 Å². The number of phenols is 1. The molecule has 0 saturated heterocycles. The third kappa shape index (κ3) is 3.15. The largest absolute Gasteiger partial charge is 0.507 e. The molecule has 1 unspecified atom stereocenters. The second kappa shape index (κ2) is 5.45. The molecular formula is C14H12ClF2NO. The molecule has 2 rings (SSSR count). The number of benzene rings is 2. The first kappa shape index (κ1) is 13.6. The van der Waals surface area contributed by atoms with Crippen LogP contribution in [0.25, 0.3) is 0 Å². The molecule has 0 radical (unpaired) electrons. The van der Waals surface area contributed by atoms with Gasteiger partial charge in [0.2, 0.25) is 0 Å². The summed E-state index contributed by atoms with van der Waals surface area (Å²) in [6.45, 7) is 1.73. The van der Waals surface area contributed by atoms with Crippen LogP contribution >= 0.6 is 11.6 Å². The highest BCUT2D eigenvalue weighted by atomic mass is 35.5. The lowest BCUT2D eigenvalue weighted by molar-refractivity contribution is 0.459. The van der Waals surface area contributed by atoms with E-state index < -0.39 is 17.7 Å². The van der Waals surface area contributed by atoms with Gasteiger partial charge in [0, 0.05) is 16.7 Å². The quantitative estimate of drug-likeness (QED) is 0.869. The fourth-order valence-electron chi connectivity index (χ4n) is 1.80. The normalized spacial score (nSPS) is 12.2. The number of anilines is 1. The maximum absolute atomic E-state index is 13.6. The van der Waals surface area contributed by atoms with E-state index in [1.165, 1.54) is 30.3 Å². The summed E-state index contributed by atoms with van der Waals surface area (Å²) in [4.78, 5) is 0. The van der Waals surface area contributed by atoms with Crippen LogP contribution in [-0.2, 0) is 0 Å². The second-order valence-corrected chi connectivity index (χ2v) is 4.63. The number of hydrogen-bond acceptors (Lipinski definition) is 2. The van der Waals surface area contributed by atoms with Gasteiger partial charge in [-0.05, 0) is 31.2 Å². The van der Waals surface area contributed by atoms with Crippen molar-refractivity contribution in [1.82, 2.24) is 0 Å². The van der Waals surface area contributed by atoms with Crippen molar-refractivity contribution < 1.29 is 13.9 Å². The minimum absolute atomic E-state index is 0.178. The van der Waals surface area contributed by atoms with Gasteiger partial charge in [-0.15, -0.1) is 0 Å². The standard InChI is InChI=1S/C14H12ClF2NO/c1-8(11-4-3-10(16)7-14(11)19)18-13-6-9(15)2-5-12(13)17/h2-8,18-19H,1H3. The van der Waals surface area contributed by atoms with Crippen LogP contribution < -0.4 is 5.32 Å². The summed E-state index contributed by atoms with van der Waals surface area (Å²) in [6, 6.07) is 7.46. The molecular weight excluding hydrogens is 272 g/mol. The van der Waals surface area contributed by atoms with Crippen molar-refractivity contribution in [2.24, 2.45) is 0 Å². The monoisotopic (exact) mass is 283 g/mol. The Balaban J connectivity index is 2.25. The summed E-state index contributed by atoms with van der Waals surface area (Å²) in [5, 5.41) is 13.0. The highest BCUT2D eigenvalue weighted by Gasteiger charge is 2.13. The van der Waals surface area contributed by atoms with Crippen LogP contribution in [0, 0.1) is 11.6 Å². The molecule has 0 saturated carbocycles. The van der Waals surface area contributed by atoms with Crippen LogP contribution in [0.15, 0.2) is 36.4 Å². The van der Waals surface area contributed by atoms with Crippen LogP contribution in [0.5, 0.6) is 5.75 Å². The Hall–Kier alpha value is -1.81. The van der Waals surface area contributed by atoms with Crippen LogP contribution in [0.3, 0.4) is 0 Å². The van der Waals surface area contributed by atoms with Crippen molar-refractivity contribution in [2.75, 3.05) is 5.32 Å². The number of rotatable bonds is 3. The van der Waals surface area contributed by atoms with E-state index in [2.05, 4.69) is 5.32 Å². The molecule has 0 spiro atoms. The second-order valence-electron chi connectivity index (χ2n) is 4.19. The highest BCUT2D eigenvalue weighted by molar-refractivity contribution is 6.30. The average molecular weight is 284 g/mol. The Bertz CT molecular complexity index is 604. The predicted molar refractivity (Wildman–Crippen MR) is 71.5 cm³/mol. The van der Waals surface area contributed by atoms with Gasteiger partial charge in [-0.2, -0.15) is 0 Å². The summed E-state index contributed by atoms with van der Waals surface area (Å²) >= 11 is 5.79. The Morgan fingerprint density at radius 3 is 2.58 bits per heavy atom. The predicted octanol–water partition coefficient (Wildman–Crippen LogP) is 4.50. The molecule has 2 aromatic carbocycles. The molecule has 0 aliphatic heterocycles. The summed E-state index contributed by atoms with van der Waals surface area (Å²) in [5.41, 5.74) is 0.699. The molecule has 19 heavy (non-hydrogen) atoms. The maximum Gasteiger partial charge on any atom is 0.146 e. The third-order valence-corrected chi connectivity index (χ3v) is 2.99. The van der Waals surface area contributed by atoms with E-state index in [1.807, 2.05) is 0 Å². The van der Waals surface area contributed by atoms with Gasteiger partial charge in [0.05, 0.1) is 11.7 Å². The molecule has 0 aliphatic rings. The molecule has 0 bridgehead atoms. The topological polar surface area (TPSA) is 32.3 Å². The van der Waals surface area contributed by atoms with Crippen molar-refractivity contribution >= 4 is 17.3 Å². The lowest BCUT2D eigenvalue weighted by Crippen LogP contribution is -2.08. The van der Waals surface area contributed by atoms with Gasteiger partial charge in [0.15, 0.2) is 0 Å². The minimum Gasteiger partial charge on any atom is -0.507 e. The maximum atomic E-state index is 13.6. The van der Waals surface area contributed by atoms with Crippen LogP contribution in [0.4, 0.5) is 14.5 Å². The van der Waals surface area contributed by atoms with E-state index in [0.29, 0.717) is 10.6 Å². The van der Waals surface area contributed by atoms with Crippen molar-refractivity contribution in [3.05, 3.63) is 58.6 Å². The third-order valence-electron chi connectivity index (χ3n) is 2.76. The van der Waals surface area contributed by atoms with E-state index in [0.717, 1.165) is 6.07 Å². The number of halogens is 3. The Morgan fingerprint density at radius 2 is 1.89 bits per heavy atom. The average Bonchev–Trinajstić information content (AvgIpc) is 2.33.